The Morgan fingerprint density at radius 3 is 2.61 bits per heavy atom. The molecule has 0 radical (unpaired) electrons. The number of nitrogens with one attached hydrogen (secondary N) is 1. The van der Waals surface area contributed by atoms with Gasteiger partial charge < -0.3 is 9.47 Å². The van der Waals surface area contributed by atoms with Crippen LogP contribution in [-0.4, -0.2) is 54.8 Å². The number of hydrogen-bond acceptors (Lipinski definition) is 4. The number of carbonyl (C=O) groups is 1. The van der Waals surface area contributed by atoms with E-state index < -0.39 is 10.0 Å². The lowest BCUT2D eigenvalue weighted by Gasteiger charge is -2.39. The first-order valence-electron chi connectivity index (χ1n) is 10.7. The molecule has 0 unspecified atom stereocenters. The minimum Gasteiger partial charge on any atom is -0.324 e. The number of benzene rings is 2. The number of sulfonamides is 1. The summed E-state index contributed by atoms with van der Waals surface area (Å²) in [5.41, 5.74) is 2.08. The normalized spacial score (nSPS) is 17.3. The van der Waals surface area contributed by atoms with E-state index in [2.05, 4.69) is 10.3 Å². The summed E-state index contributed by atoms with van der Waals surface area (Å²) in [7, 11) is -3.38. The maximum absolute atomic E-state index is 13.5. The van der Waals surface area contributed by atoms with E-state index in [4.69, 9.17) is 0 Å². The highest BCUT2D eigenvalue weighted by Gasteiger charge is 2.47. The Labute approximate surface area is 191 Å². The van der Waals surface area contributed by atoms with Crippen LogP contribution in [0.15, 0.2) is 61.1 Å². The van der Waals surface area contributed by atoms with E-state index in [1.54, 1.807) is 27.8 Å². The Morgan fingerprint density at radius 2 is 1.88 bits per heavy atom. The first kappa shape index (κ1) is 21.4. The summed E-state index contributed by atoms with van der Waals surface area (Å²) >= 11 is 0. The zero-order chi connectivity index (χ0) is 23.2. The lowest BCUT2D eigenvalue weighted by atomic mass is 9.74. The van der Waals surface area contributed by atoms with Gasteiger partial charge in [-0.2, -0.15) is 0 Å². The quantitative estimate of drug-likeness (QED) is 0.637. The number of piperidine rings is 1. The number of urea groups is 1. The van der Waals surface area contributed by atoms with Crippen LogP contribution in [0, 0.1) is 5.82 Å². The molecule has 172 valence electrons. The first-order chi connectivity index (χ1) is 15.7. The summed E-state index contributed by atoms with van der Waals surface area (Å²) in [6.07, 6.45) is 5.72. The van der Waals surface area contributed by atoms with E-state index in [1.165, 1.54) is 29.0 Å². The van der Waals surface area contributed by atoms with Gasteiger partial charge in [-0.25, -0.2) is 22.6 Å². The van der Waals surface area contributed by atoms with Gasteiger partial charge in [0.1, 0.15) is 12.1 Å². The third-order valence-electron chi connectivity index (χ3n) is 6.52. The van der Waals surface area contributed by atoms with E-state index in [9.17, 15) is 17.6 Å². The molecule has 1 fully saturated rings. The summed E-state index contributed by atoms with van der Waals surface area (Å²) in [4.78, 5) is 18.8. The highest BCUT2D eigenvalue weighted by molar-refractivity contribution is 7.92. The third kappa shape index (κ3) is 3.95. The SMILES string of the molecule is CS(=O)(=O)N1CC2(CCN(C(=O)Nc3cn(-c4cccc(F)c4)cn3)CC2)c2ccccc21. The number of imidazole rings is 1. The second-order valence-corrected chi connectivity index (χ2v) is 10.5. The fourth-order valence-corrected chi connectivity index (χ4v) is 5.80. The standard InChI is InChI=1S/C23H24FN5O3S/c1-33(31,32)29-15-23(19-7-2-3-8-20(19)29)9-11-27(12-10-23)22(30)26-21-14-28(16-25-21)18-6-4-5-17(24)13-18/h2-8,13-14,16H,9-12,15H2,1H3,(H,26,30). The number of rotatable bonds is 3. The fraction of sp³-hybridized carbons (Fsp3) is 0.304. The molecule has 10 heteroatoms. The van der Waals surface area contributed by atoms with Gasteiger partial charge in [-0.05, 0) is 42.7 Å². The van der Waals surface area contributed by atoms with Crippen LogP contribution < -0.4 is 9.62 Å². The lowest BCUT2D eigenvalue weighted by Crippen LogP contribution is -2.48. The molecule has 2 aliphatic rings. The number of halogens is 1. The molecule has 2 aliphatic heterocycles. The van der Waals surface area contributed by atoms with Crippen molar-refractivity contribution < 1.29 is 17.6 Å². The fourth-order valence-electron chi connectivity index (χ4n) is 4.80. The molecule has 1 aromatic heterocycles. The predicted octanol–water partition coefficient (Wildman–Crippen LogP) is 3.36. The molecule has 1 saturated heterocycles. The van der Waals surface area contributed by atoms with Gasteiger partial charge in [0.25, 0.3) is 0 Å². The molecular weight excluding hydrogens is 445 g/mol. The smallest absolute Gasteiger partial charge is 0.323 e. The average molecular weight is 470 g/mol. The van der Waals surface area contributed by atoms with Crippen molar-refractivity contribution in [2.24, 2.45) is 0 Å². The van der Waals surface area contributed by atoms with Crippen LogP contribution in [0.5, 0.6) is 0 Å². The van der Waals surface area contributed by atoms with Crippen molar-refractivity contribution in [1.82, 2.24) is 14.5 Å². The van der Waals surface area contributed by atoms with Crippen LogP contribution in [0.25, 0.3) is 5.69 Å². The van der Waals surface area contributed by atoms with Crippen LogP contribution in [0.1, 0.15) is 18.4 Å². The Bertz CT molecular complexity index is 1310. The molecule has 0 aliphatic carbocycles. The van der Waals surface area contributed by atoms with Crippen molar-refractivity contribution in [3.8, 4) is 5.69 Å². The molecule has 3 aromatic rings. The van der Waals surface area contributed by atoms with Gasteiger partial charge in [-0.1, -0.05) is 24.3 Å². The maximum atomic E-state index is 13.5. The van der Waals surface area contributed by atoms with E-state index in [0.717, 1.165) is 11.3 Å². The minimum atomic E-state index is -3.38. The summed E-state index contributed by atoms with van der Waals surface area (Å²) in [5, 5.41) is 2.80. The Morgan fingerprint density at radius 1 is 1.12 bits per heavy atom. The topological polar surface area (TPSA) is 87.5 Å². The molecule has 2 amide bonds. The minimum absolute atomic E-state index is 0.263. The molecular formula is C23H24FN5O3S. The number of para-hydroxylation sites is 1. The first-order valence-corrected chi connectivity index (χ1v) is 12.5. The maximum Gasteiger partial charge on any atom is 0.323 e. The Balaban J connectivity index is 1.27. The van der Waals surface area contributed by atoms with Crippen molar-refractivity contribution >= 4 is 27.6 Å². The second-order valence-electron chi connectivity index (χ2n) is 8.63. The molecule has 3 heterocycles. The van der Waals surface area contributed by atoms with Gasteiger partial charge in [0.15, 0.2) is 5.82 Å². The van der Waals surface area contributed by atoms with Gasteiger partial charge in [0.2, 0.25) is 10.0 Å². The van der Waals surface area contributed by atoms with E-state index in [0.29, 0.717) is 44.0 Å². The molecule has 8 nitrogen and oxygen atoms in total. The van der Waals surface area contributed by atoms with Crippen molar-refractivity contribution in [1.29, 1.82) is 0 Å². The largest absolute Gasteiger partial charge is 0.324 e. The zero-order valence-electron chi connectivity index (χ0n) is 18.1. The highest BCUT2D eigenvalue weighted by atomic mass is 32.2. The summed E-state index contributed by atoms with van der Waals surface area (Å²) in [5.74, 6) is 0.0240. The van der Waals surface area contributed by atoms with E-state index in [1.807, 2.05) is 24.3 Å². The van der Waals surface area contributed by atoms with Crippen molar-refractivity contribution in [3.63, 3.8) is 0 Å². The molecule has 0 atom stereocenters. The molecule has 2 aromatic carbocycles. The summed E-state index contributed by atoms with van der Waals surface area (Å²) in [6.45, 7) is 1.41. The molecule has 0 bridgehead atoms. The van der Waals surface area contributed by atoms with Crippen molar-refractivity contribution in [2.75, 3.05) is 35.5 Å². The van der Waals surface area contributed by atoms with Crippen LogP contribution in [0.4, 0.5) is 20.7 Å². The molecule has 0 saturated carbocycles. The van der Waals surface area contributed by atoms with Crippen LogP contribution >= 0.6 is 0 Å². The number of anilines is 2. The summed E-state index contributed by atoms with van der Waals surface area (Å²) < 4.78 is 41.3. The molecule has 1 N–H and O–H groups in total. The Hall–Kier alpha value is -3.40. The average Bonchev–Trinajstić information content (AvgIpc) is 3.38. The van der Waals surface area contributed by atoms with E-state index in [-0.39, 0.29) is 17.3 Å². The van der Waals surface area contributed by atoms with Gasteiger partial charge in [0.05, 0.1) is 18.1 Å². The highest BCUT2D eigenvalue weighted by Crippen LogP contribution is 2.47. The van der Waals surface area contributed by atoms with Crippen LogP contribution in [-0.2, 0) is 15.4 Å². The van der Waals surface area contributed by atoms with Crippen molar-refractivity contribution in [3.05, 3.63) is 72.4 Å². The monoisotopic (exact) mass is 469 g/mol. The Kier molecular flexibility index (Phi) is 5.12. The van der Waals surface area contributed by atoms with Gasteiger partial charge in [-0.3, -0.25) is 9.62 Å². The van der Waals surface area contributed by atoms with Gasteiger partial charge >= 0.3 is 6.03 Å². The predicted molar refractivity (Wildman–Crippen MR) is 124 cm³/mol. The molecule has 5 rings (SSSR count). The zero-order valence-corrected chi connectivity index (χ0v) is 18.9. The van der Waals surface area contributed by atoms with Crippen LogP contribution in [0.2, 0.25) is 0 Å². The molecule has 1 spiro atoms. The van der Waals surface area contributed by atoms with Gasteiger partial charge in [-0.15, -0.1) is 0 Å². The number of aromatic nitrogens is 2. The number of carbonyl (C=O) groups excluding carboxylic acids is 1. The van der Waals surface area contributed by atoms with Gasteiger partial charge in [0, 0.05) is 30.7 Å². The lowest BCUT2D eigenvalue weighted by molar-refractivity contribution is 0.173. The molecule has 33 heavy (non-hydrogen) atoms. The van der Waals surface area contributed by atoms with Crippen LogP contribution in [0.3, 0.4) is 0 Å². The number of nitrogens with zero attached hydrogens (tertiary/aromatic N) is 4. The number of amides is 2. The number of likely N-dealkylation sites (tertiary alicyclic amines) is 1. The number of hydrogen-bond donors (Lipinski definition) is 1. The summed E-state index contributed by atoms with van der Waals surface area (Å²) in [6, 6.07) is 13.5. The number of fused-ring (bicyclic) bond motifs is 2. The van der Waals surface area contributed by atoms with E-state index >= 15 is 0 Å². The van der Waals surface area contributed by atoms with Crippen molar-refractivity contribution in [2.45, 2.75) is 18.3 Å². The second kappa shape index (κ2) is 7.87. The third-order valence-corrected chi connectivity index (χ3v) is 7.65.